The van der Waals surface area contributed by atoms with Gasteiger partial charge in [0.15, 0.2) is 0 Å². The van der Waals surface area contributed by atoms with Crippen LogP contribution in [0.3, 0.4) is 0 Å². The van der Waals surface area contributed by atoms with Gasteiger partial charge in [-0.2, -0.15) is 0 Å². The first-order chi connectivity index (χ1) is 15.6. The summed E-state index contributed by atoms with van der Waals surface area (Å²) in [4.78, 5) is 20.7. The van der Waals surface area contributed by atoms with E-state index >= 15 is 0 Å². The van der Waals surface area contributed by atoms with E-state index in [4.69, 9.17) is 0 Å². The van der Waals surface area contributed by atoms with E-state index in [2.05, 4.69) is 52.8 Å². The van der Waals surface area contributed by atoms with Gasteiger partial charge in [-0.1, -0.05) is 45.2 Å². The molecule has 4 nitrogen and oxygen atoms in total. The molecule has 0 aromatic heterocycles. The maximum Gasteiger partial charge on any atom is 0.259 e. The summed E-state index contributed by atoms with van der Waals surface area (Å²) >= 11 is 0. The van der Waals surface area contributed by atoms with Crippen molar-refractivity contribution in [3.63, 3.8) is 0 Å². The molecule has 2 aromatic carbocycles. The molecule has 0 unspecified atom stereocenters. The number of carbonyl (C=O) groups excluding carboxylic acids is 1. The van der Waals surface area contributed by atoms with E-state index in [1.165, 1.54) is 74.5 Å². The van der Waals surface area contributed by atoms with Gasteiger partial charge in [0.25, 0.3) is 5.91 Å². The lowest BCUT2D eigenvalue weighted by Gasteiger charge is -2.28. The monoisotopic (exact) mass is 433 g/mol. The third kappa shape index (κ3) is 4.26. The lowest BCUT2D eigenvalue weighted by atomic mass is 9.89. The van der Waals surface area contributed by atoms with Gasteiger partial charge in [-0.05, 0) is 68.8 Å². The van der Waals surface area contributed by atoms with Crippen molar-refractivity contribution in [1.29, 1.82) is 0 Å². The maximum atomic E-state index is 13.4. The zero-order valence-corrected chi connectivity index (χ0v) is 20.0. The van der Waals surface area contributed by atoms with Crippen LogP contribution in [0.2, 0.25) is 0 Å². The quantitative estimate of drug-likeness (QED) is 0.564. The minimum absolute atomic E-state index is 0.212. The van der Waals surface area contributed by atoms with Crippen LogP contribution in [0.25, 0.3) is 10.8 Å². The summed E-state index contributed by atoms with van der Waals surface area (Å²) in [6.07, 6.45) is 9.00. The molecule has 1 aliphatic carbocycles. The average molecular weight is 434 g/mol. The van der Waals surface area contributed by atoms with E-state index in [0.717, 1.165) is 43.3 Å². The SMILES string of the molecule is CC(C)CCN1CCCN(c2ccc3c4c(cccc24)C(=O)N3CC2CCCCC2)CC1. The van der Waals surface area contributed by atoms with Gasteiger partial charge < -0.3 is 14.7 Å². The Morgan fingerprint density at radius 3 is 2.53 bits per heavy atom. The van der Waals surface area contributed by atoms with Crippen molar-refractivity contribution >= 4 is 28.1 Å². The van der Waals surface area contributed by atoms with Crippen molar-refractivity contribution < 1.29 is 4.79 Å². The molecular weight excluding hydrogens is 394 g/mol. The molecule has 0 spiro atoms. The van der Waals surface area contributed by atoms with Gasteiger partial charge in [0.05, 0.1) is 5.69 Å². The highest BCUT2D eigenvalue weighted by molar-refractivity contribution is 6.26. The number of amides is 1. The predicted octanol–water partition coefficient (Wildman–Crippen LogP) is 5.94. The van der Waals surface area contributed by atoms with Gasteiger partial charge in [0.1, 0.15) is 0 Å². The summed E-state index contributed by atoms with van der Waals surface area (Å²) in [5.41, 5.74) is 3.36. The van der Waals surface area contributed by atoms with Gasteiger partial charge in [0, 0.05) is 48.2 Å². The van der Waals surface area contributed by atoms with Crippen LogP contribution in [0.5, 0.6) is 0 Å². The summed E-state index contributed by atoms with van der Waals surface area (Å²) in [6, 6.07) is 10.9. The lowest BCUT2D eigenvalue weighted by molar-refractivity contribution is 0.0987. The van der Waals surface area contributed by atoms with Crippen molar-refractivity contribution in [2.75, 3.05) is 49.1 Å². The van der Waals surface area contributed by atoms with Crippen LogP contribution in [0.1, 0.15) is 69.2 Å². The minimum Gasteiger partial charge on any atom is -0.370 e. The Morgan fingerprint density at radius 2 is 1.72 bits per heavy atom. The Morgan fingerprint density at radius 1 is 0.906 bits per heavy atom. The van der Waals surface area contributed by atoms with Gasteiger partial charge >= 0.3 is 0 Å². The van der Waals surface area contributed by atoms with Crippen molar-refractivity contribution in [3.05, 3.63) is 35.9 Å². The van der Waals surface area contributed by atoms with Gasteiger partial charge in [-0.15, -0.1) is 0 Å². The fourth-order valence-electron chi connectivity index (χ4n) is 5.99. The second-order valence-electron chi connectivity index (χ2n) is 10.6. The molecule has 2 aromatic rings. The van der Waals surface area contributed by atoms with Crippen LogP contribution in [-0.2, 0) is 0 Å². The third-order valence-corrected chi connectivity index (χ3v) is 7.88. The number of hydrogen-bond donors (Lipinski definition) is 0. The molecule has 0 N–H and O–H groups in total. The Kier molecular flexibility index (Phi) is 6.41. The molecule has 1 saturated carbocycles. The minimum atomic E-state index is 0.212. The van der Waals surface area contributed by atoms with E-state index in [9.17, 15) is 4.79 Å². The molecule has 2 heterocycles. The van der Waals surface area contributed by atoms with Crippen molar-refractivity contribution in [2.45, 2.75) is 58.8 Å². The number of hydrogen-bond acceptors (Lipinski definition) is 3. The van der Waals surface area contributed by atoms with Gasteiger partial charge in [-0.3, -0.25) is 4.79 Å². The predicted molar refractivity (Wildman–Crippen MR) is 135 cm³/mol. The fraction of sp³-hybridized carbons (Fsp3) is 0.607. The maximum absolute atomic E-state index is 13.4. The molecule has 0 radical (unpaired) electrons. The number of benzene rings is 2. The first-order valence-electron chi connectivity index (χ1n) is 13.0. The molecule has 2 fully saturated rings. The number of anilines is 2. The molecule has 32 heavy (non-hydrogen) atoms. The normalized spacial score (nSPS) is 20.5. The Labute approximate surface area is 193 Å². The first-order valence-corrected chi connectivity index (χ1v) is 13.0. The molecule has 1 saturated heterocycles. The summed E-state index contributed by atoms with van der Waals surface area (Å²) in [7, 11) is 0. The molecule has 172 valence electrons. The van der Waals surface area contributed by atoms with Crippen molar-refractivity contribution in [2.24, 2.45) is 11.8 Å². The van der Waals surface area contributed by atoms with Crippen LogP contribution in [0, 0.1) is 11.8 Å². The van der Waals surface area contributed by atoms with Gasteiger partial charge in [-0.25, -0.2) is 0 Å². The molecular formula is C28H39N3O. The molecule has 3 aliphatic rings. The van der Waals surface area contributed by atoms with E-state index in [-0.39, 0.29) is 5.91 Å². The largest absolute Gasteiger partial charge is 0.370 e. The number of carbonyl (C=O) groups is 1. The smallest absolute Gasteiger partial charge is 0.259 e. The Hall–Kier alpha value is -2.07. The first kappa shape index (κ1) is 21.8. The second kappa shape index (κ2) is 9.43. The molecule has 4 heteroatoms. The molecule has 2 aliphatic heterocycles. The standard InChI is InChI=1S/C28H39N3O/c1-21(2)14-17-29-15-7-16-30(19-18-29)25-12-13-26-27-23(25)10-6-11-24(27)28(32)31(26)20-22-8-4-3-5-9-22/h6,10-13,21-22H,3-5,7-9,14-20H2,1-2H3. The van der Waals surface area contributed by atoms with Crippen molar-refractivity contribution in [3.8, 4) is 0 Å². The van der Waals surface area contributed by atoms with Crippen LogP contribution in [0.4, 0.5) is 11.4 Å². The zero-order valence-electron chi connectivity index (χ0n) is 20.0. The summed E-state index contributed by atoms with van der Waals surface area (Å²) in [5, 5.41) is 2.45. The van der Waals surface area contributed by atoms with Crippen LogP contribution < -0.4 is 9.80 Å². The van der Waals surface area contributed by atoms with Crippen LogP contribution in [-0.4, -0.2) is 50.1 Å². The summed E-state index contributed by atoms with van der Waals surface area (Å²) < 4.78 is 0. The Balaban J connectivity index is 1.39. The van der Waals surface area contributed by atoms with E-state index in [1.54, 1.807) is 0 Å². The Bertz CT molecular complexity index is 963. The molecule has 5 rings (SSSR count). The molecule has 0 atom stereocenters. The highest BCUT2D eigenvalue weighted by atomic mass is 16.2. The van der Waals surface area contributed by atoms with Gasteiger partial charge in [0.2, 0.25) is 0 Å². The summed E-state index contributed by atoms with van der Waals surface area (Å²) in [6.45, 7) is 11.2. The van der Waals surface area contributed by atoms with E-state index in [0.29, 0.717) is 5.92 Å². The molecule has 0 bridgehead atoms. The number of nitrogens with zero attached hydrogens (tertiary/aromatic N) is 3. The number of rotatable bonds is 6. The fourth-order valence-corrected chi connectivity index (χ4v) is 5.99. The van der Waals surface area contributed by atoms with Crippen LogP contribution >= 0.6 is 0 Å². The van der Waals surface area contributed by atoms with Crippen molar-refractivity contribution in [1.82, 2.24) is 4.90 Å². The van der Waals surface area contributed by atoms with E-state index in [1.807, 2.05) is 6.07 Å². The summed E-state index contributed by atoms with van der Waals surface area (Å²) in [5.74, 6) is 1.63. The zero-order chi connectivity index (χ0) is 22.1. The highest BCUT2D eigenvalue weighted by Gasteiger charge is 2.33. The topological polar surface area (TPSA) is 26.8 Å². The second-order valence-corrected chi connectivity index (χ2v) is 10.6. The van der Waals surface area contributed by atoms with E-state index < -0.39 is 0 Å². The highest BCUT2D eigenvalue weighted by Crippen LogP contribution is 2.42. The van der Waals surface area contributed by atoms with Crippen LogP contribution in [0.15, 0.2) is 30.3 Å². The average Bonchev–Trinajstić information content (AvgIpc) is 2.96. The third-order valence-electron chi connectivity index (χ3n) is 7.88. The molecule has 1 amide bonds. The lowest BCUT2D eigenvalue weighted by Crippen LogP contribution is -2.33.